The molecule has 0 unspecified atom stereocenters. The van der Waals surface area contributed by atoms with Crippen molar-refractivity contribution in [2.75, 3.05) is 7.11 Å². The second-order valence-electron chi connectivity index (χ2n) is 3.44. The van der Waals surface area contributed by atoms with Crippen LogP contribution in [0, 0.1) is 0 Å². The van der Waals surface area contributed by atoms with Crippen molar-refractivity contribution in [2.45, 2.75) is 18.6 Å². The number of esters is 1. The number of hydrogen-bond donors (Lipinski definition) is 0. The van der Waals surface area contributed by atoms with Gasteiger partial charge in [-0.2, -0.15) is 21.6 Å². The lowest BCUT2D eigenvalue weighted by Gasteiger charge is -2.18. The van der Waals surface area contributed by atoms with Gasteiger partial charge in [-0.1, -0.05) is 5.70 Å². The predicted molar refractivity (Wildman–Crippen MR) is 54.7 cm³/mol. The first-order chi connectivity index (χ1) is 7.41. The third-order valence-electron chi connectivity index (χ3n) is 1.43. The van der Waals surface area contributed by atoms with E-state index >= 15 is 0 Å². The van der Waals surface area contributed by atoms with E-state index < -0.39 is 29.9 Å². The second-order valence-corrected chi connectivity index (χ2v) is 9.02. The molecule has 0 amide bonds. The molecule has 0 atom stereocenters. The SMILES string of the molecule is COC(=O)/C=C/[Si](C)(C)OS(=O)(=O)C(F)(F)F. The molecule has 0 saturated carbocycles. The van der Waals surface area contributed by atoms with Crippen LogP contribution in [0.2, 0.25) is 13.1 Å². The van der Waals surface area contributed by atoms with E-state index in [1.165, 1.54) is 13.1 Å². The quantitative estimate of drug-likeness (QED) is 0.338. The van der Waals surface area contributed by atoms with Gasteiger partial charge in [-0.05, 0) is 13.1 Å². The minimum absolute atomic E-state index is 0.807. The van der Waals surface area contributed by atoms with Gasteiger partial charge in [0.15, 0.2) is 0 Å². The van der Waals surface area contributed by atoms with Gasteiger partial charge >= 0.3 is 21.6 Å². The summed E-state index contributed by atoms with van der Waals surface area (Å²) in [5, 5.41) is 0. The van der Waals surface area contributed by atoms with Crippen LogP contribution < -0.4 is 0 Å². The van der Waals surface area contributed by atoms with Crippen molar-refractivity contribution < 1.29 is 35.0 Å². The third kappa shape index (κ3) is 5.32. The average Bonchev–Trinajstić information content (AvgIpc) is 2.10. The zero-order valence-corrected chi connectivity index (χ0v) is 11.1. The molecule has 0 spiro atoms. The lowest BCUT2D eigenvalue weighted by molar-refractivity contribution is -0.134. The van der Waals surface area contributed by atoms with Crippen LogP contribution in [0.15, 0.2) is 11.8 Å². The zero-order valence-electron chi connectivity index (χ0n) is 9.24. The lowest BCUT2D eigenvalue weighted by Crippen LogP contribution is -2.38. The maximum absolute atomic E-state index is 12.0. The van der Waals surface area contributed by atoms with Crippen LogP contribution >= 0.6 is 0 Å². The summed E-state index contributed by atoms with van der Waals surface area (Å²) < 4.78 is 65.8. The van der Waals surface area contributed by atoms with Gasteiger partial charge in [-0.25, -0.2) is 4.79 Å². The number of alkyl halides is 3. The standard InChI is InChI=1S/C7H11F3O5SSi/c1-14-6(11)4-5-17(2,3)15-16(12,13)7(8,9)10/h4-5H,1-3H3/b5-4+. The highest BCUT2D eigenvalue weighted by atomic mass is 32.2. The fraction of sp³-hybridized carbons (Fsp3) is 0.571. The highest BCUT2D eigenvalue weighted by Gasteiger charge is 2.49. The van der Waals surface area contributed by atoms with E-state index in [2.05, 4.69) is 8.61 Å². The van der Waals surface area contributed by atoms with Crippen molar-refractivity contribution in [2.24, 2.45) is 0 Å². The molecule has 0 aliphatic heterocycles. The molecule has 0 fully saturated rings. The van der Waals surface area contributed by atoms with Gasteiger partial charge in [0.25, 0.3) is 0 Å². The Balaban J connectivity index is 4.90. The fourth-order valence-electron chi connectivity index (χ4n) is 0.695. The Hall–Kier alpha value is -0.873. The number of halogens is 3. The molecule has 10 heteroatoms. The first-order valence-electron chi connectivity index (χ1n) is 4.20. The van der Waals surface area contributed by atoms with Crippen LogP contribution in [-0.2, 0) is 23.5 Å². The Kier molecular flexibility index (Phi) is 4.92. The highest BCUT2D eigenvalue weighted by Crippen LogP contribution is 2.27. The fourth-order valence-corrected chi connectivity index (χ4v) is 4.09. The van der Waals surface area contributed by atoms with E-state index in [1.807, 2.05) is 0 Å². The first-order valence-corrected chi connectivity index (χ1v) is 8.60. The average molecular weight is 292 g/mol. The van der Waals surface area contributed by atoms with Crippen LogP contribution in [0.4, 0.5) is 13.2 Å². The minimum atomic E-state index is -5.65. The van der Waals surface area contributed by atoms with E-state index in [1.54, 1.807) is 0 Å². The number of hydrogen-bond acceptors (Lipinski definition) is 5. The molecule has 0 aromatic heterocycles. The number of rotatable bonds is 4. The van der Waals surface area contributed by atoms with Crippen molar-refractivity contribution >= 4 is 24.4 Å². The number of methoxy groups -OCH3 is 1. The Morgan fingerprint density at radius 2 is 1.76 bits per heavy atom. The number of carbonyl (C=O) groups excluding carboxylic acids is 1. The summed E-state index contributed by atoms with van der Waals surface area (Å²) >= 11 is 0. The van der Waals surface area contributed by atoms with Gasteiger partial charge in [0.05, 0.1) is 7.11 Å². The molecule has 0 radical (unpaired) electrons. The smallest absolute Gasteiger partial charge is 0.466 e. The largest absolute Gasteiger partial charge is 0.522 e. The van der Waals surface area contributed by atoms with E-state index in [9.17, 15) is 26.4 Å². The molecule has 0 aliphatic carbocycles. The second kappa shape index (κ2) is 5.19. The first kappa shape index (κ1) is 16.1. The van der Waals surface area contributed by atoms with Crippen LogP contribution in [0.5, 0.6) is 0 Å². The topological polar surface area (TPSA) is 69.7 Å². The lowest BCUT2D eigenvalue weighted by atomic mass is 10.7. The van der Waals surface area contributed by atoms with Crippen LogP contribution in [0.25, 0.3) is 0 Å². The number of carbonyl (C=O) groups is 1. The van der Waals surface area contributed by atoms with Gasteiger partial charge < -0.3 is 8.61 Å². The van der Waals surface area contributed by atoms with Crippen LogP contribution in [0.1, 0.15) is 0 Å². The molecule has 17 heavy (non-hydrogen) atoms. The molecule has 0 aromatic rings. The van der Waals surface area contributed by atoms with Crippen molar-refractivity contribution in [3.05, 3.63) is 11.8 Å². The van der Waals surface area contributed by atoms with Gasteiger partial charge in [0.1, 0.15) is 0 Å². The third-order valence-corrected chi connectivity index (χ3v) is 5.56. The molecular weight excluding hydrogens is 281 g/mol. The Labute approximate surface area is 97.5 Å². The molecule has 0 aromatic carbocycles. The van der Waals surface area contributed by atoms with Crippen LogP contribution in [-0.4, -0.2) is 35.3 Å². The molecular formula is C7H11F3O5SSi. The van der Waals surface area contributed by atoms with Gasteiger partial charge in [0.2, 0.25) is 8.32 Å². The molecule has 0 saturated heterocycles. The summed E-state index contributed by atoms with van der Waals surface area (Å²) in [4.78, 5) is 10.7. The summed E-state index contributed by atoms with van der Waals surface area (Å²) in [5.74, 6) is -0.807. The molecule has 0 aliphatic rings. The minimum Gasteiger partial charge on any atom is -0.466 e. The van der Waals surface area contributed by atoms with E-state index in [0.717, 1.165) is 18.9 Å². The van der Waals surface area contributed by atoms with Crippen LogP contribution in [0.3, 0.4) is 0 Å². The molecule has 5 nitrogen and oxygen atoms in total. The molecule has 0 bridgehead atoms. The van der Waals surface area contributed by atoms with Crippen molar-refractivity contribution in [1.29, 1.82) is 0 Å². The Bertz CT molecular complexity index is 412. The van der Waals surface area contributed by atoms with Crippen molar-refractivity contribution in [1.82, 2.24) is 0 Å². The number of ether oxygens (including phenoxy) is 1. The van der Waals surface area contributed by atoms with Gasteiger partial charge in [-0.15, -0.1) is 0 Å². The predicted octanol–water partition coefficient (Wildman–Crippen LogP) is 1.33. The zero-order chi connectivity index (χ0) is 13.9. The Morgan fingerprint density at radius 3 is 2.12 bits per heavy atom. The van der Waals surface area contributed by atoms with E-state index in [4.69, 9.17) is 0 Å². The van der Waals surface area contributed by atoms with Gasteiger partial charge in [0, 0.05) is 6.08 Å². The summed E-state index contributed by atoms with van der Waals surface area (Å²) in [6.45, 7) is 2.38. The normalized spacial score (nSPS) is 14.0. The highest BCUT2D eigenvalue weighted by molar-refractivity contribution is 7.88. The van der Waals surface area contributed by atoms with Crippen molar-refractivity contribution in [3.63, 3.8) is 0 Å². The summed E-state index contributed by atoms with van der Waals surface area (Å²) in [5.41, 5.74) is -4.49. The van der Waals surface area contributed by atoms with E-state index in [0.29, 0.717) is 0 Å². The molecule has 0 heterocycles. The van der Waals surface area contributed by atoms with Gasteiger partial charge in [-0.3, -0.25) is 0 Å². The Morgan fingerprint density at radius 1 is 1.29 bits per heavy atom. The summed E-state index contributed by atoms with van der Waals surface area (Å²) in [6, 6.07) is 0. The van der Waals surface area contributed by atoms with Crippen molar-refractivity contribution in [3.8, 4) is 0 Å². The molecule has 0 rings (SSSR count). The van der Waals surface area contributed by atoms with E-state index in [-0.39, 0.29) is 0 Å². The summed E-state index contributed by atoms with van der Waals surface area (Å²) in [6.07, 6.45) is 0.831. The maximum atomic E-state index is 12.0. The molecule has 0 N–H and O–H groups in total. The molecule has 100 valence electrons. The summed E-state index contributed by atoms with van der Waals surface area (Å²) in [7, 11) is -7.89. The maximum Gasteiger partial charge on any atom is 0.522 e. The monoisotopic (exact) mass is 292 g/mol.